The summed E-state index contributed by atoms with van der Waals surface area (Å²) < 4.78 is 11.5. The van der Waals surface area contributed by atoms with Gasteiger partial charge < -0.3 is 14.6 Å². The first-order valence-electron chi connectivity index (χ1n) is 5.92. The van der Waals surface area contributed by atoms with Crippen molar-refractivity contribution < 1.29 is 8.83 Å². The van der Waals surface area contributed by atoms with Crippen molar-refractivity contribution in [2.75, 3.05) is 5.73 Å². The normalized spacial score (nSPS) is 11.0. The molecule has 0 atom stereocenters. The number of halogens is 1. The van der Waals surface area contributed by atoms with Gasteiger partial charge in [0, 0.05) is 11.8 Å². The minimum atomic E-state index is 0.334. The molecule has 0 saturated carbocycles. The zero-order chi connectivity index (χ0) is 14.8. The first-order chi connectivity index (χ1) is 10.1. The number of hydrogen-bond acceptors (Lipinski definition) is 8. The van der Waals surface area contributed by atoms with Gasteiger partial charge in [0.05, 0.1) is 5.75 Å². The molecule has 2 N–H and O–H groups in total. The Morgan fingerprint density at radius 1 is 1.24 bits per heavy atom. The van der Waals surface area contributed by atoms with Crippen LogP contribution in [0.25, 0.3) is 11.7 Å². The van der Waals surface area contributed by atoms with E-state index < -0.39 is 0 Å². The second-order valence-electron chi connectivity index (χ2n) is 4.11. The number of thioether (sulfide) groups is 1. The Hall–Kier alpha value is -1.87. The van der Waals surface area contributed by atoms with Crippen LogP contribution in [0.2, 0.25) is 0 Å². The number of hydrogen-bond donors (Lipinski definition) is 1. The molecule has 0 aliphatic heterocycles. The van der Waals surface area contributed by atoms with Gasteiger partial charge in [-0.25, -0.2) is 9.97 Å². The predicted octanol–water partition coefficient (Wildman–Crippen LogP) is 3.07. The summed E-state index contributed by atoms with van der Waals surface area (Å²) in [4.78, 5) is 8.41. The van der Waals surface area contributed by atoms with E-state index in [4.69, 9.17) is 14.6 Å². The second-order valence-corrected chi connectivity index (χ2v) is 5.83. The molecule has 21 heavy (non-hydrogen) atoms. The molecule has 0 unspecified atom stereocenters. The minimum absolute atomic E-state index is 0.334. The molecule has 0 bridgehead atoms. The number of nitrogens with zero attached hydrogens (tertiary/aromatic N) is 4. The number of rotatable bonds is 4. The third-order valence-corrected chi connectivity index (χ3v) is 3.69. The molecule has 0 amide bonds. The molecule has 0 fully saturated rings. The average Bonchev–Trinajstić information content (AvgIpc) is 3.04. The first-order valence-corrected chi connectivity index (χ1v) is 7.70. The molecule has 0 aromatic carbocycles. The summed E-state index contributed by atoms with van der Waals surface area (Å²) >= 11 is 4.60. The van der Waals surface area contributed by atoms with Crippen LogP contribution in [0.1, 0.15) is 11.6 Å². The molecule has 0 aliphatic carbocycles. The van der Waals surface area contributed by atoms with Gasteiger partial charge >= 0.3 is 0 Å². The highest BCUT2D eigenvalue weighted by Crippen LogP contribution is 2.26. The molecule has 3 rings (SSSR count). The van der Waals surface area contributed by atoms with Crippen molar-refractivity contribution in [2.45, 2.75) is 17.8 Å². The van der Waals surface area contributed by atoms with Gasteiger partial charge in [-0.3, -0.25) is 0 Å². The Morgan fingerprint density at radius 3 is 2.81 bits per heavy atom. The maximum Gasteiger partial charge on any atom is 0.283 e. The number of furan rings is 1. The summed E-state index contributed by atoms with van der Waals surface area (Å²) in [5.41, 5.74) is 6.49. The third-order valence-electron chi connectivity index (χ3n) is 2.43. The maximum atomic E-state index is 5.68. The molecular formula is C12H10BrN5O2S. The molecule has 108 valence electrons. The van der Waals surface area contributed by atoms with Gasteiger partial charge in [-0.2, -0.15) is 0 Å². The van der Waals surface area contributed by atoms with Crippen molar-refractivity contribution in [2.24, 2.45) is 0 Å². The SMILES string of the molecule is Cc1cc(N)nc(SCc2nnc(-c3ccc(Br)o3)o2)n1. The molecule has 0 saturated heterocycles. The van der Waals surface area contributed by atoms with Crippen molar-refractivity contribution >= 4 is 33.5 Å². The zero-order valence-corrected chi connectivity index (χ0v) is 13.3. The van der Waals surface area contributed by atoms with Gasteiger partial charge in [-0.1, -0.05) is 11.8 Å². The van der Waals surface area contributed by atoms with Crippen molar-refractivity contribution in [3.63, 3.8) is 0 Å². The van der Waals surface area contributed by atoms with E-state index in [9.17, 15) is 0 Å². The van der Waals surface area contributed by atoms with Crippen molar-refractivity contribution in [3.05, 3.63) is 34.5 Å². The molecular weight excluding hydrogens is 358 g/mol. The number of aromatic nitrogens is 4. The third kappa shape index (κ3) is 3.42. The summed E-state index contributed by atoms with van der Waals surface area (Å²) in [6, 6.07) is 5.22. The lowest BCUT2D eigenvalue weighted by Gasteiger charge is -2.00. The summed E-state index contributed by atoms with van der Waals surface area (Å²) in [7, 11) is 0. The molecule has 7 nitrogen and oxygen atoms in total. The van der Waals surface area contributed by atoms with Gasteiger partial charge in [0.25, 0.3) is 5.89 Å². The molecule has 0 spiro atoms. The van der Waals surface area contributed by atoms with Crippen LogP contribution in [-0.4, -0.2) is 20.2 Å². The highest BCUT2D eigenvalue weighted by Gasteiger charge is 2.13. The van der Waals surface area contributed by atoms with E-state index >= 15 is 0 Å². The standard InChI is InChI=1S/C12H10BrN5O2S/c1-6-4-9(14)16-12(15-6)21-5-10-17-18-11(20-10)7-2-3-8(13)19-7/h2-4H,5H2,1H3,(H2,14,15,16). The number of anilines is 1. The Morgan fingerprint density at radius 2 is 2.10 bits per heavy atom. The Bertz CT molecular complexity index is 752. The van der Waals surface area contributed by atoms with Gasteiger partial charge in [0.15, 0.2) is 15.6 Å². The van der Waals surface area contributed by atoms with Gasteiger partial charge in [0.1, 0.15) is 5.82 Å². The monoisotopic (exact) mass is 367 g/mol. The van der Waals surface area contributed by atoms with Crippen molar-refractivity contribution in [1.82, 2.24) is 20.2 Å². The van der Waals surface area contributed by atoms with Crippen molar-refractivity contribution in [1.29, 1.82) is 0 Å². The van der Waals surface area contributed by atoms with E-state index in [1.807, 2.05) is 6.92 Å². The topological polar surface area (TPSA) is 104 Å². The van der Waals surface area contributed by atoms with Crippen molar-refractivity contribution in [3.8, 4) is 11.7 Å². The molecule has 0 aliphatic rings. The fourth-order valence-corrected chi connectivity index (χ4v) is 2.65. The summed E-state index contributed by atoms with van der Waals surface area (Å²) in [6.45, 7) is 1.86. The average molecular weight is 368 g/mol. The van der Waals surface area contributed by atoms with Crippen LogP contribution < -0.4 is 5.73 Å². The minimum Gasteiger partial charge on any atom is -0.444 e. The lowest BCUT2D eigenvalue weighted by atomic mass is 10.4. The van der Waals surface area contributed by atoms with E-state index in [-0.39, 0.29) is 0 Å². The number of nitrogen functional groups attached to an aromatic ring is 1. The Labute approximate surface area is 132 Å². The fourth-order valence-electron chi connectivity index (χ4n) is 1.60. The summed E-state index contributed by atoms with van der Waals surface area (Å²) in [5.74, 6) is 2.21. The van der Waals surface area contributed by atoms with Gasteiger partial charge in [-0.05, 0) is 35.0 Å². The summed E-state index contributed by atoms with van der Waals surface area (Å²) in [6.07, 6.45) is 0. The highest BCUT2D eigenvalue weighted by molar-refractivity contribution is 9.10. The quantitative estimate of drug-likeness (QED) is 0.554. The van der Waals surface area contributed by atoms with Gasteiger partial charge in [-0.15, -0.1) is 10.2 Å². The van der Waals surface area contributed by atoms with Crippen LogP contribution in [0, 0.1) is 6.92 Å². The van der Waals surface area contributed by atoms with E-state index in [0.717, 1.165) is 5.69 Å². The van der Waals surface area contributed by atoms with E-state index in [2.05, 4.69) is 36.1 Å². The lowest BCUT2D eigenvalue weighted by molar-refractivity contribution is 0.486. The highest BCUT2D eigenvalue weighted by atomic mass is 79.9. The lowest BCUT2D eigenvalue weighted by Crippen LogP contribution is -1.96. The second kappa shape index (κ2) is 5.86. The van der Waals surface area contributed by atoms with Crippen LogP contribution in [-0.2, 0) is 5.75 Å². The van der Waals surface area contributed by atoms with Crippen LogP contribution in [0.5, 0.6) is 0 Å². The molecule has 9 heteroatoms. The van der Waals surface area contributed by atoms with E-state index in [1.54, 1.807) is 18.2 Å². The largest absolute Gasteiger partial charge is 0.444 e. The first kappa shape index (κ1) is 14.1. The fraction of sp³-hybridized carbons (Fsp3) is 0.167. The van der Waals surface area contributed by atoms with E-state index in [0.29, 0.717) is 38.9 Å². The van der Waals surface area contributed by atoms with Crippen LogP contribution >= 0.6 is 27.7 Å². The smallest absolute Gasteiger partial charge is 0.283 e. The maximum absolute atomic E-state index is 5.68. The van der Waals surface area contributed by atoms with Crippen LogP contribution in [0.3, 0.4) is 0 Å². The zero-order valence-electron chi connectivity index (χ0n) is 10.9. The van der Waals surface area contributed by atoms with E-state index in [1.165, 1.54) is 11.8 Å². The number of nitrogens with two attached hydrogens (primary N) is 1. The number of aryl methyl sites for hydroxylation is 1. The Kier molecular flexibility index (Phi) is 3.93. The molecule has 3 aromatic heterocycles. The molecule has 0 radical (unpaired) electrons. The predicted molar refractivity (Wildman–Crippen MR) is 80.4 cm³/mol. The van der Waals surface area contributed by atoms with Crippen LogP contribution in [0.15, 0.2) is 36.9 Å². The molecule has 3 aromatic rings. The van der Waals surface area contributed by atoms with Gasteiger partial charge in [0.2, 0.25) is 5.89 Å². The summed E-state index contributed by atoms with van der Waals surface area (Å²) in [5, 5.41) is 8.48. The molecule has 3 heterocycles. The Balaban J connectivity index is 1.70. The van der Waals surface area contributed by atoms with Crippen LogP contribution in [0.4, 0.5) is 5.82 Å².